The quantitative estimate of drug-likeness (QED) is 0.239. The zero-order valence-corrected chi connectivity index (χ0v) is 20.0. The van der Waals surface area contributed by atoms with E-state index in [2.05, 4.69) is 0 Å². The molecule has 7 nitrogen and oxygen atoms in total. The van der Waals surface area contributed by atoms with Crippen molar-refractivity contribution in [2.75, 3.05) is 7.11 Å². The van der Waals surface area contributed by atoms with Gasteiger partial charge in [-0.15, -0.1) is 0 Å². The molecule has 0 amide bonds. The standard InChI is InChI=1S/C29H23NO6/c1-17(31)35-24-14-13-23-25(26(24)29(33)34-3)22-15-20-11-7-8-12-21(20)28(36-18(2)32)27(22)30(23)16-19-9-5-4-6-10-19/h4-15H,16H2,1-3H3. The van der Waals surface area contributed by atoms with Crippen LogP contribution >= 0.6 is 0 Å². The van der Waals surface area contributed by atoms with E-state index in [1.165, 1.54) is 21.0 Å². The van der Waals surface area contributed by atoms with Gasteiger partial charge in [0, 0.05) is 36.6 Å². The van der Waals surface area contributed by atoms with Gasteiger partial charge in [-0.3, -0.25) is 9.59 Å². The molecule has 0 aliphatic carbocycles. The number of ether oxygens (including phenoxy) is 3. The van der Waals surface area contributed by atoms with Gasteiger partial charge in [-0.1, -0.05) is 54.6 Å². The molecule has 4 aromatic carbocycles. The largest absolute Gasteiger partial charge is 0.465 e. The second-order valence-corrected chi connectivity index (χ2v) is 8.41. The van der Waals surface area contributed by atoms with Crippen molar-refractivity contribution < 1.29 is 28.6 Å². The van der Waals surface area contributed by atoms with Gasteiger partial charge >= 0.3 is 17.9 Å². The van der Waals surface area contributed by atoms with E-state index in [4.69, 9.17) is 14.2 Å². The molecule has 0 aliphatic rings. The van der Waals surface area contributed by atoms with Gasteiger partial charge < -0.3 is 18.8 Å². The van der Waals surface area contributed by atoms with Crippen LogP contribution in [0.4, 0.5) is 0 Å². The Hall–Kier alpha value is -4.65. The summed E-state index contributed by atoms with van der Waals surface area (Å²) < 4.78 is 18.3. The summed E-state index contributed by atoms with van der Waals surface area (Å²) in [5.41, 5.74) is 2.50. The fraction of sp³-hybridized carbons (Fsp3) is 0.138. The Morgan fingerprint density at radius 2 is 1.50 bits per heavy atom. The third-order valence-corrected chi connectivity index (χ3v) is 6.02. The lowest BCUT2D eigenvalue weighted by Gasteiger charge is -2.13. The lowest BCUT2D eigenvalue weighted by molar-refractivity contribution is -0.132. The summed E-state index contributed by atoms with van der Waals surface area (Å²) in [5.74, 6) is -1.16. The number of rotatable bonds is 5. The van der Waals surface area contributed by atoms with Crippen LogP contribution in [0.1, 0.15) is 29.8 Å². The Labute approximate surface area is 206 Å². The normalized spacial score (nSPS) is 11.1. The second kappa shape index (κ2) is 9.19. The van der Waals surface area contributed by atoms with E-state index in [1.54, 1.807) is 12.1 Å². The summed E-state index contributed by atoms with van der Waals surface area (Å²) in [7, 11) is 1.28. The molecule has 5 rings (SSSR count). The lowest BCUT2D eigenvalue weighted by atomic mass is 10.0. The molecule has 1 heterocycles. The molecule has 1 aromatic heterocycles. The molecule has 5 aromatic rings. The van der Waals surface area contributed by atoms with Crippen molar-refractivity contribution in [2.24, 2.45) is 0 Å². The Balaban J connectivity index is 2.00. The van der Waals surface area contributed by atoms with Crippen LogP contribution in [-0.4, -0.2) is 29.6 Å². The molecule has 0 fully saturated rings. The van der Waals surface area contributed by atoms with Gasteiger partial charge in [0.1, 0.15) is 11.3 Å². The number of nitrogens with zero attached hydrogens (tertiary/aromatic N) is 1. The molecule has 0 aliphatic heterocycles. The number of esters is 3. The fourth-order valence-electron chi connectivity index (χ4n) is 4.67. The molecule has 0 N–H and O–H groups in total. The van der Waals surface area contributed by atoms with Gasteiger partial charge in [-0.2, -0.15) is 0 Å². The molecule has 0 unspecified atom stereocenters. The predicted molar refractivity (Wildman–Crippen MR) is 136 cm³/mol. The summed E-state index contributed by atoms with van der Waals surface area (Å²) in [4.78, 5) is 37.1. The highest BCUT2D eigenvalue weighted by molar-refractivity contribution is 6.23. The zero-order chi connectivity index (χ0) is 25.4. The first kappa shape index (κ1) is 23.1. The maximum Gasteiger partial charge on any atom is 0.342 e. The molecule has 0 bridgehead atoms. The molecular weight excluding hydrogens is 458 g/mol. The Morgan fingerprint density at radius 3 is 2.19 bits per heavy atom. The van der Waals surface area contributed by atoms with E-state index in [1.807, 2.05) is 65.2 Å². The number of fused-ring (bicyclic) bond motifs is 4. The average molecular weight is 482 g/mol. The number of benzene rings is 4. The topological polar surface area (TPSA) is 83.8 Å². The van der Waals surface area contributed by atoms with Crippen LogP contribution in [0.15, 0.2) is 72.8 Å². The number of hydrogen-bond acceptors (Lipinski definition) is 6. The van der Waals surface area contributed by atoms with Crippen LogP contribution in [0.5, 0.6) is 11.5 Å². The first-order chi connectivity index (χ1) is 17.4. The minimum absolute atomic E-state index is 0.0998. The zero-order valence-electron chi connectivity index (χ0n) is 20.0. The van der Waals surface area contributed by atoms with Crippen LogP contribution < -0.4 is 9.47 Å². The second-order valence-electron chi connectivity index (χ2n) is 8.41. The third-order valence-electron chi connectivity index (χ3n) is 6.02. The molecule has 36 heavy (non-hydrogen) atoms. The number of methoxy groups -OCH3 is 1. The molecule has 0 spiro atoms. The maximum atomic E-state index is 13.1. The van der Waals surface area contributed by atoms with Crippen molar-refractivity contribution >= 4 is 50.5 Å². The molecule has 7 heteroatoms. The SMILES string of the molecule is COC(=O)c1c(OC(C)=O)ccc2c1c1cc3ccccc3c(OC(C)=O)c1n2Cc1ccccc1. The number of carbonyl (C=O) groups is 3. The van der Waals surface area contributed by atoms with E-state index >= 15 is 0 Å². The molecule has 0 atom stereocenters. The Kier molecular flexibility index (Phi) is 5.90. The van der Waals surface area contributed by atoms with E-state index in [0.29, 0.717) is 34.1 Å². The van der Waals surface area contributed by atoms with E-state index in [0.717, 1.165) is 16.3 Å². The van der Waals surface area contributed by atoms with Crippen LogP contribution in [0.3, 0.4) is 0 Å². The highest BCUT2D eigenvalue weighted by atomic mass is 16.5. The van der Waals surface area contributed by atoms with Crippen molar-refractivity contribution in [1.82, 2.24) is 4.57 Å². The van der Waals surface area contributed by atoms with E-state index in [-0.39, 0.29) is 11.3 Å². The smallest absolute Gasteiger partial charge is 0.342 e. The number of aromatic nitrogens is 1. The van der Waals surface area contributed by atoms with Crippen molar-refractivity contribution in [3.63, 3.8) is 0 Å². The summed E-state index contributed by atoms with van der Waals surface area (Å²) >= 11 is 0. The summed E-state index contributed by atoms with van der Waals surface area (Å²) in [6.45, 7) is 3.08. The number of hydrogen-bond donors (Lipinski definition) is 0. The van der Waals surface area contributed by atoms with Gasteiger partial charge in [-0.05, 0) is 29.1 Å². The summed E-state index contributed by atoms with van der Waals surface area (Å²) in [6, 6.07) is 22.7. The Bertz CT molecular complexity index is 1670. The minimum atomic E-state index is -0.641. The minimum Gasteiger partial charge on any atom is -0.465 e. The van der Waals surface area contributed by atoms with Gasteiger partial charge in [0.15, 0.2) is 5.75 Å². The monoisotopic (exact) mass is 481 g/mol. The van der Waals surface area contributed by atoms with Crippen molar-refractivity contribution in [3.05, 3.63) is 83.9 Å². The first-order valence-electron chi connectivity index (χ1n) is 11.4. The molecular formula is C29H23NO6. The summed E-state index contributed by atoms with van der Waals surface area (Å²) in [6.07, 6.45) is 0. The Morgan fingerprint density at radius 1 is 0.806 bits per heavy atom. The van der Waals surface area contributed by atoms with Gasteiger partial charge in [-0.25, -0.2) is 4.79 Å². The van der Waals surface area contributed by atoms with Gasteiger partial charge in [0.05, 0.1) is 18.1 Å². The molecule has 0 saturated heterocycles. The summed E-state index contributed by atoms with van der Waals surface area (Å²) in [5, 5.41) is 2.81. The van der Waals surface area contributed by atoms with Crippen LogP contribution in [0.2, 0.25) is 0 Å². The first-order valence-corrected chi connectivity index (χ1v) is 11.4. The molecule has 0 saturated carbocycles. The van der Waals surface area contributed by atoms with Gasteiger partial charge in [0.2, 0.25) is 0 Å². The molecule has 180 valence electrons. The third kappa shape index (κ3) is 3.94. The van der Waals surface area contributed by atoms with E-state index in [9.17, 15) is 14.4 Å². The predicted octanol–water partition coefficient (Wildman–Crippen LogP) is 5.63. The fourth-order valence-corrected chi connectivity index (χ4v) is 4.67. The highest BCUT2D eigenvalue weighted by Gasteiger charge is 2.27. The van der Waals surface area contributed by atoms with Crippen molar-refractivity contribution in [2.45, 2.75) is 20.4 Å². The average Bonchev–Trinajstić information content (AvgIpc) is 3.16. The van der Waals surface area contributed by atoms with Crippen molar-refractivity contribution in [3.8, 4) is 11.5 Å². The van der Waals surface area contributed by atoms with Gasteiger partial charge in [0.25, 0.3) is 0 Å². The van der Waals surface area contributed by atoms with Crippen molar-refractivity contribution in [1.29, 1.82) is 0 Å². The van der Waals surface area contributed by atoms with Crippen LogP contribution in [-0.2, 0) is 20.9 Å². The highest BCUT2D eigenvalue weighted by Crippen LogP contribution is 2.44. The van der Waals surface area contributed by atoms with E-state index < -0.39 is 17.9 Å². The maximum absolute atomic E-state index is 13.1. The van der Waals surface area contributed by atoms with Crippen LogP contribution in [0.25, 0.3) is 32.6 Å². The molecule has 0 radical (unpaired) electrons. The van der Waals surface area contributed by atoms with Crippen LogP contribution in [0, 0.1) is 0 Å². The lowest BCUT2D eigenvalue weighted by Crippen LogP contribution is -2.10. The number of carbonyl (C=O) groups excluding carboxylic acids is 3.